The number of nitrogens with zero attached hydrogens (tertiary/aromatic N) is 1. The normalized spacial score (nSPS) is 9.50. The Bertz CT molecular complexity index is 599. The fourth-order valence-corrected chi connectivity index (χ4v) is 1.62. The average molecular weight is 237 g/mol. The van der Waals surface area contributed by atoms with Gasteiger partial charge >= 0.3 is 0 Å². The van der Waals surface area contributed by atoms with Gasteiger partial charge in [0.1, 0.15) is 12.4 Å². The fraction of sp³-hybridized carbons (Fsp3) is 0.0667. The molecule has 0 saturated heterocycles. The van der Waals surface area contributed by atoms with Gasteiger partial charge in [0.25, 0.3) is 0 Å². The Kier molecular flexibility index (Phi) is 3.72. The average Bonchev–Trinajstić information content (AvgIpc) is 2.45. The number of carbonyl (C=O) groups excluding carboxylic acids is 1. The van der Waals surface area contributed by atoms with Crippen molar-refractivity contribution in [2.24, 2.45) is 0 Å². The first-order valence-electron chi connectivity index (χ1n) is 5.50. The van der Waals surface area contributed by atoms with Gasteiger partial charge in [0.05, 0.1) is 17.2 Å². The minimum atomic E-state index is 0.272. The minimum Gasteiger partial charge on any atom is -0.488 e. The number of carbonyl (C=O) groups is 1. The molecular weight excluding hydrogens is 226 g/mol. The van der Waals surface area contributed by atoms with E-state index in [4.69, 9.17) is 10.00 Å². The number of aldehydes is 1. The van der Waals surface area contributed by atoms with E-state index in [0.717, 1.165) is 11.8 Å². The molecule has 0 radical (unpaired) electrons. The second kappa shape index (κ2) is 5.65. The summed E-state index contributed by atoms with van der Waals surface area (Å²) in [6, 6.07) is 16.4. The van der Waals surface area contributed by atoms with Gasteiger partial charge in [0.2, 0.25) is 0 Å². The van der Waals surface area contributed by atoms with Crippen molar-refractivity contribution in [3.05, 3.63) is 65.2 Å². The van der Waals surface area contributed by atoms with E-state index in [1.807, 2.05) is 12.1 Å². The predicted octanol–water partition coefficient (Wildman–Crippen LogP) is 2.95. The van der Waals surface area contributed by atoms with Crippen molar-refractivity contribution < 1.29 is 9.53 Å². The zero-order valence-corrected chi connectivity index (χ0v) is 9.67. The number of rotatable bonds is 4. The van der Waals surface area contributed by atoms with Crippen molar-refractivity contribution >= 4 is 6.29 Å². The Balaban J connectivity index is 2.17. The summed E-state index contributed by atoms with van der Waals surface area (Å²) in [6.07, 6.45) is 0.755. The maximum atomic E-state index is 10.8. The number of hydrogen-bond donors (Lipinski definition) is 0. The highest BCUT2D eigenvalue weighted by Gasteiger charge is 2.04. The zero-order valence-electron chi connectivity index (χ0n) is 9.67. The molecule has 3 heteroatoms. The predicted molar refractivity (Wildman–Crippen MR) is 67.3 cm³/mol. The number of hydrogen-bond acceptors (Lipinski definition) is 3. The van der Waals surface area contributed by atoms with Gasteiger partial charge in [-0.15, -0.1) is 0 Å². The largest absolute Gasteiger partial charge is 0.488 e. The molecule has 2 aromatic rings. The van der Waals surface area contributed by atoms with Crippen molar-refractivity contribution in [1.29, 1.82) is 5.26 Å². The number of nitriles is 1. The van der Waals surface area contributed by atoms with E-state index in [1.54, 1.807) is 36.4 Å². The highest BCUT2D eigenvalue weighted by atomic mass is 16.5. The lowest BCUT2D eigenvalue weighted by Gasteiger charge is -2.09. The smallest absolute Gasteiger partial charge is 0.153 e. The van der Waals surface area contributed by atoms with Crippen molar-refractivity contribution in [2.45, 2.75) is 6.61 Å². The van der Waals surface area contributed by atoms with Crippen LogP contribution >= 0.6 is 0 Å². The third kappa shape index (κ3) is 2.55. The van der Waals surface area contributed by atoms with E-state index < -0.39 is 0 Å². The second-order valence-electron chi connectivity index (χ2n) is 3.71. The molecule has 0 aliphatic rings. The Morgan fingerprint density at radius 1 is 1.11 bits per heavy atom. The van der Waals surface area contributed by atoms with Crippen LogP contribution < -0.4 is 4.74 Å². The summed E-state index contributed by atoms with van der Waals surface area (Å²) in [5.41, 5.74) is 1.90. The molecule has 0 heterocycles. The molecule has 2 aromatic carbocycles. The molecule has 0 fully saturated rings. The van der Waals surface area contributed by atoms with Gasteiger partial charge in [-0.25, -0.2) is 0 Å². The van der Waals surface area contributed by atoms with Crippen LogP contribution in [0.3, 0.4) is 0 Å². The summed E-state index contributed by atoms with van der Waals surface area (Å²) in [5, 5.41) is 8.95. The van der Waals surface area contributed by atoms with Crippen LogP contribution in [0.4, 0.5) is 0 Å². The van der Waals surface area contributed by atoms with E-state index in [-0.39, 0.29) is 6.61 Å². The standard InChI is InChI=1S/C15H11NO2/c16-9-12-5-1-2-7-14(12)11-18-15-8-4-3-6-13(15)10-17/h1-8,10H,11H2. The van der Waals surface area contributed by atoms with Crippen LogP contribution in [0.5, 0.6) is 5.75 Å². The van der Waals surface area contributed by atoms with Crippen molar-refractivity contribution in [2.75, 3.05) is 0 Å². The monoisotopic (exact) mass is 237 g/mol. The molecule has 0 aromatic heterocycles. The minimum absolute atomic E-state index is 0.272. The summed E-state index contributed by atoms with van der Waals surface area (Å²) in [6.45, 7) is 0.272. The summed E-state index contributed by atoms with van der Waals surface area (Å²) in [5.74, 6) is 0.528. The molecule has 0 bridgehead atoms. The Morgan fingerprint density at radius 3 is 2.61 bits per heavy atom. The molecule has 0 aliphatic heterocycles. The lowest BCUT2D eigenvalue weighted by atomic mass is 10.1. The molecule has 0 unspecified atom stereocenters. The third-order valence-electron chi connectivity index (χ3n) is 2.57. The molecule has 0 aliphatic carbocycles. The number of ether oxygens (including phenoxy) is 1. The first-order chi connectivity index (χ1) is 8.85. The van der Waals surface area contributed by atoms with Crippen LogP contribution in [-0.4, -0.2) is 6.29 Å². The van der Waals surface area contributed by atoms with Gasteiger partial charge in [0.15, 0.2) is 6.29 Å². The van der Waals surface area contributed by atoms with Gasteiger partial charge < -0.3 is 4.74 Å². The summed E-state index contributed by atoms with van der Waals surface area (Å²) in [4.78, 5) is 10.8. The van der Waals surface area contributed by atoms with E-state index >= 15 is 0 Å². The lowest BCUT2D eigenvalue weighted by molar-refractivity contribution is 0.111. The molecule has 0 atom stereocenters. The molecule has 0 spiro atoms. The quantitative estimate of drug-likeness (QED) is 0.768. The third-order valence-corrected chi connectivity index (χ3v) is 2.57. The Hall–Kier alpha value is -2.60. The molecular formula is C15H11NO2. The highest BCUT2D eigenvalue weighted by Crippen LogP contribution is 2.18. The van der Waals surface area contributed by atoms with Gasteiger partial charge in [0, 0.05) is 5.56 Å². The van der Waals surface area contributed by atoms with Crippen molar-refractivity contribution in [3.63, 3.8) is 0 Å². The van der Waals surface area contributed by atoms with Crippen molar-refractivity contribution in [1.82, 2.24) is 0 Å². The second-order valence-corrected chi connectivity index (χ2v) is 3.71. The van der Waals surface area contributed by atoms with Crippen LogP contribution in [0, 0.1) is 11.3 Å². The summed E-state index contributed by atoms with van der Waals surface area (Å²) in [7, 11) is 0. The maximum Gasteiger partial charge on any atom is 0.153 e. The topological polar surface area (TPSA) is 50.1 Å². The first kappa shape index (κ1) is 11.9. The molecule has 3 nitrogen and oxygen atoms in total. The first-order valence-corrected chi connectivity index (χ1v) is 5.50. The molecule has 2 rings (SSSR count). The maximum absolute atomic E-state index is 10.8. The highest BCUT2D eigenvalue weighted by molar-refractivity contribution is 5.79. The van der Waals surface area contributed by atoms with Crippen LogP contribution in [0.2, 0.25) is 0 Å². The summed E-state index contributed by atoms with van der Waals surface area (Å²) < 4.78 is 5.57. The van der Waals surface area contributed by atoms with E-state index in [1.165, 1.54) is 0 Å². The van der Waals surface area contributed by atoms with Gasteiger partial charge in [-0.3, -0.25) is 4.79 Å². The summed E-state index contributed by atoms with van der Waals surface area (Å²) >= 11 is 0. The Labute approximate surface area is 105 Å². The van der Waals surface area contributed by atoms with Crippen LogP contribution in [0.1, 0.15) is 21.5 Å². The zero-order chi connectivity index (χ0) is 12.8. The van der Waals surface area contributed by atoms with E-state index in [9.17, 15) is 4.79 Å². The molecule has 0 saturated carbocycles. The lowest BCUT2D eigenvalue weighted by Crippen LogP contribution is -2.00. The van der Waals surface area contributed by atoms with Gasteiger partial charge in [-0.1, -0.05) is 30.3 Å². The SMILES string of the molecule is N#Cc1ccccc1COc1ccccc1C=O. The van der Waals surface area contributed by atoms with Crippen LogP contribution in [0.15, 0.2) is 48.5 Å². The van der Waals surface area contributed by atoms with Gasteiger partial charge in [-0.05, 0) is 18.2 Å². The fourth-order valence-electron chi connectivity index (χ4n) is 1.62. The number of para-hydroxylation sites is 1. The van der Waals surface area contributed by atoms with Gasteiger partial charge in [-0.2, -0.15) is 5.26 Å². The molecule has 0 N–H and O–H groups in total. The molecule has 0 amide bonds. The van der Waals surface area contributed by atoms with Crippen LogP contribution in [0.25, 0.3) is 0 Å². The Morgan fingerprint density at radius 2 is 1.83 bits per heavy atom. The molecule has 88 valence electrons. The molecule has 18 heavy (non-hydrogen) atoms. The number of benzene rings is 2. The van der Waals surface area contributed by atoms with Crippen LogP contribution in [-0.2, 0) is 6.61 Å². The van der Waals surface area contributed by atoms with E-state index in [0.29, 0.717) is 16.9 Å². The van der Waals surface area contributed by atoms with Crippen molar-refractivity contribution in [3.8, 4) is 11.8 Å². The van der Waals surface area contributed by atoms with E-state index in [2.05, 4.69) is 6.07 Å².